The minimum Gasteiger partial charge on any atom is -0.491 e. The summed E-state index contributed by atoms with van der Waals surface area (Å²) >= 11 is 0. The molecule has 0 saturated carbocycles. The first kappa shape index (κ1) is 19.2. The van der Waals surface area contributed by atoms with Crippen molar-refractivity contribution in [3.05, 3.63) is 54.6 Å². The molecule has 0 amide bonds. The van der Waals surface area contributed by atoms with Crippen LogP contribution in [-0.4, -0.2) is 54.7 Å². The average molecular weight is 418 g/mol. The zero-order valence-corrected chi connectivity index (χ0v) is 16.2. The van der Waals surface area contributed by atoms with Gasteiger partial charge in [0.1, 0.15) is 54.5 Å². The third-order valence-electron chi connectivity index (χ3n) is 5.35. The van der Waals surface area contributed by atoms with Gasteiger partial charge in [0, 0.05) is 23.8 Å². The first-order chi connectivity index (χ1) is 15.0. The molecule has 4 atom stereocenters. The highest BCUT2D eigenvalue weighted by Gasteiger charge is 2.44. The third kappa shape index (κ3) is 3.30. The fourth-order valence-corrected chi connectivity index (χ4v) is 3.72. The third-order valence-corrected chi connectivity index (χ3v) is 5.35. The number of hydrogen-bond donors (Lipinski definition) is 3. The highest BCUT2D eigenvalue weighted by Crippen LogP contribution is 2.33. The van der Waals surface area contributed by atoms with Gasteiger partial charge in [-0.05, 0) is 24.3 Å². The Hall–Kier alpha value is -3.78. The number of nitrogen functional groups attached to an aromatic ring is 1. The van der Waals surface area contributed by atoms with Crippen LogP contribution in [0.2, 0.25) is 0 Å². The Morgan fingerprint density at radius 1 is 1.16 bits per heavy atom. The van der Waals surface area contributed by atoms with Gasteiger partial charge in [0.05, 0.1) is 16.5 Å². The monoisotopic (exact) mass is 418 g/mol. The lowest BCUT2D eigenvalue weighted by molar-refractivity contribution is -0.0471. The molecular weight excluding hydrogens is 400 g/mol. The van der Waals surface area contributed by atoms with E-state index in [4.69, 9.17) is 20.5 Å². The lowest BCUT2D eigenvalue weighted by Gasteiger charge is -2.17. The van der Waals surface area contributed by atoms with Crippen molar-refractivity contribution >= 4 is 27.8 Å². The number of pyridine rings is 1. The molecule has 1 aliphatic heterocycles. The molecule has 0 radical (unpaired) electrons. The van der Waals surface area contributed by atoms with E-state index in [9.17, 15) is 10.2 Å². The van der Waals surface area contributed by atoms with Gasteiger partial charge in [-0.1, -0.05) is 0 Å². The quantitative estimate of drug-likeness (QED) is 0.443. The van der Waals surface area contributed by atoms with Crippen LogP contribution in [0.3, 0.4) is 0 Å². The minimum absolute atomic E-state index is 0.0207. The van der Waals surface area contributed by atoms with Gasteiger partial charge >= 0.3 is 0 Å². The lowest BCUT2D eigenvalue weighted by Crippen LogP contribution is -2.34. The highest BCUT2D eigenvalue weighted by atomic mass is 16.6. The fraction of sp³-hybridized carbons (Fsp3) is 0.238. The molecule has 0 aliphatic carbocycles. The summed E-state index contributed by atoms with van der Waals surface area (Å²) in [5, 5.41) is 31.5. The molecule has 0 spiro atoms. The number of fused-ring (bicyclic) bond motifs is 2. The largest absolute Gasteiger partial charge is 0.491 e. The van der Waals surface area contributed by atoms with Gasteiger partial charge in [0.15, 0.2) is 6.23 Å². The van der Waals surface area contributed by atoms with Crippen molar-refractivity contribution in [1.82, 2.24) is 19.5 Å². The van der Waals surface area contributed by atoms with Crippen LogP contribution in [0.25, 0.3) is 21.9 Å². The second-order valence-electron chi connectivity index (χ2n) is 7.27. The number of aliphatic hydroxyl groups excluding tert-OH is 2. The summed E-state index contributed by atoms with van der Waals surface area (Å²) in [6.45, 7) is 0.0207. The summed E-state index contributed by atoms with van der Waals surface area (Å²) in [5.74, 6) is 0.855. The van der Waals surface area contributed by atoms with Crippen molar-refractivity contribution in [2.75, 3.05) is 12.3 Å². The molecule has 0 unspecified atom stereocenters. The normalized spacial score (nSPS) is 23.3. The molecule has 3 aromatic heterocycles. The van der Waals surface area contributed by atoms with Crippen LogP contribution in [0, 0.1) is 11.3 Å². The van der Waals surface area contributed by atoms with E-state index in [0.29, 0.717) is 33.7 Å². The molecule has 156 valence electrons. The van der Waals surface area contributed by atoms with E-state index < -0.39 is 24.5 Å². The fourth-order valence-electron chi connectivity index (χ4n) is 3.72. The molecule has 0 bridgehead atoms. The van der Waals surface area contributed by atoms with Crippen LogP contribution in [0.5, 0.6) is 5.75 Å². The van der Waals surface area contributed by atoms with Crippen molar-refractivity contribution in [3.63, 3.8) is 0 Å². The SMILES string of the molecule is N#Cc1cnc2cc(OC[C@H]3O[C@@H](n4ccc5c(N)ncnc54)[C@H](O)[C@@H]3O)ccc2c1. The van der Waals surface area contributed by atoms with E-state index in [1.54, 1.807) is 41.1 Å². The van der Waals surface area contributed by atoms with Crippen molar-refractivity contribution < 1.29 is 19.7 Å². The summed E-state index contributed by atoms with van der Waals surface area (Å²) in [7, 11) is 0. The van der Waals surface area contributed by atoms with Gasteiger partial charge in [-0.2, -0.15) is 5.26 Å². The Kier molecular flexibility index (Phi) is 4.63. The maximum absolute atomic E-state index is 10.6. The minimum atomic E-state index is -1.18. The van der Waals surface area contributed by atoms with E-state index in [0.717, 1.165) is 5.39 Å². The summed E-state index contributed by atoms with van der Waals surface area (Å²) < 4.78 is 13.3. The predicted octanol–water partition coefficient (Wildman–Crippen LogP) is 1.13. The number of nitriles is 1. The van der Waals surface area contributed by atoms with Gasteiger partial charge in [-0.3, -0.25) is 4.98 Å². The van der Waals surface area contributed by atoms with Crippen LogP contribution in [0.1, 0.15) is 11.8 Å². The number of aliphatic hydroxyl groups is 2. The number of benzene rings is 1. The zero-order chi connectivity index (χ0) is 21.5. The Morgan fingerprint density at radius 2 is 2.03 bits per heavy atom. The van der Waals surface area contributed by atoms with Gasteiger partial charge < -0.3 is 30.0 Å². The van der Waals surface area contributed by atoms with Gasteiger partial charge in [0.2, 0.25) is 0 Å². The van der Waals surface area contributed by atoms with Gasteiger partial charge in [-0.15, -0.1) is 0 Å². The zero-order valence-electron chi connectivity index (χ0n) is 16.2. The van der Waals surface area contributed by atoms with E-state index in [2.05, 4.69) is 21.0 Å². The van der Waals surface area contributed by atoms with Gasteiger partial charge in [-0.25, -0.2) is 9.97 Å². The molecule has 10 nitrogen and oxygen atoms in total. The lowest BCUT2D eigenvalue weighted by atomic mass is 10.1. The number of hydrogen-bond acceptors (Lipinski definition) is 9. The number of rotatable bonds is 4. The number of anilines is 1. The van der Waals surface area contributed by atoms with Crippen LogP contribution < -0.4 is 10.5 Å². The van der Waals surface area contributed by atoms with Crippen LogP contribution in [0.15, 0.2) is 49.1 Å². The Bertz CT molecular complexity index is 1320. The van der Waals surface area contributed by atoms with E-state index in [-0.39, 0.29) is 6.61 Å². The smallest absolute Gasteiger partial charge is 0.164 e. The Balaban J connectivity index is 1.33. The predicted molar refractivity (Wildman–Crippen MR) is 110 cm³/mol. The maximum atomic E-state index is 10.6. The molecule has 4 aromatic rings. The highest BCUT2D eigenvalue weighted by molar-refractivity contribution is 5.86. The summed E-state index contributed by atoms with van der Waals surface area (Å²) in [6.07, 6.45) is 0.569. The number of nitrogens with two attached hydrogens (primary N) is 1. The summed E-state index contributed by atoms with van der Waals surface area (Å²) in [6, 6.07) is 10.8. The van der Waals surface area contributed by atoms with Crippen molar-refractivity contribution in [2.24, 2.45) is 0 Å². The van der Waals surface area contributed by atoms with Crippen molar-refractivity contribution in [2.45, 2.75) is 24.5 Å². The average Bonchev–Trinajstić information content (AvgIpc) is 3.34. The van der Waals surface area contributed by atoms with E-state index >= 15 is 0 Å². The molecule has 4 N–H and O–H groups in total. The molecule has 31 heavy (non-hydrogen) atoms. The molecule has 1 saturated heterocycles. The molecule has 1 aromatic carbocycles. The number of nitrogens with zero attached hydrogens (tertiary/aromatic N) is 5. The van der Waals surface area contributed by atoms with Crippen LogP contribution in [-0.2, 0) is 4.74 Å². The second-order valence-corrected chi connectivity index (χ2v) is 7.27. The molecular formula is C21H18N6O4. The van der Waals surface area contributed by atoms with Gasteiger partial charge in [0.25, 0.3) is 0 Å². The number of aromatic nitrogens is 4. The molecule has 1 aliphatic rings. The summed E-state index contributed by atoms with van der Waals surface area (Å²) in [4.78, 5) is 12.4. The van der Waals surface area contributed by atoms with Crippen molar-refractivity contribution in [1.29, 1.82) is 5.26 Å². The molecule has 10 heteroatoms. The van der Waals surface area contributed by atoms with Crippen LogP contribution >= 0.6 is 0 Å². The number of ether oxygens (including phenoxy) is 2. The van der Waals surface area contributed by atoms with E-state index in [1.165, 1.54) is 12.5 Å². The molecule has 4 heterocycles. The first-order valence-corrected chi connectivity index (χ1v) is 9.56. The van der Waals surface area contributed by atoms with Crippen molar-refractivity contribution in [3.8, 4) is 11.8 Å². The second kappa shape index (κ2) is 7.48. The Morgan fingerprint density at radius 3 is 2.87 bits per heavy atom. The Labute approximate surface area is 176 Å². The molecule has 5 rings (SSSR count). The summed E-state index contributed by atoms with van der Waals surface area (Å²) in [5.41, 5.74) is 7.53. The first-order valence-electron chi connectivity index (χ1n) is 9.56. The maximum Gasteiger partial charge on any atom is 0.164 e. The van der Waals surface area contributed by atoms with E-state index in [1.807, 2.05) is 0 Å². The topological polar surface area (TPSA) is 152 Å². The molecule has 1 fully saturated rings. The standard InChI is InChI=1S/C21H18N6O4/c22-7-11-5-12-1-2-13(6-15(12)24-8-11)30-9-16-17(28)18(29)21(31-16)27-4-3-14-19(23)25-10-26-20(14)27/h1-6,8,10,16-18,21,28-29H,9H2,(H2,23,25,26)/t16-,17-,18-,21-/m1/s1. The van der Waals surface area contributed by atoms with Crippen LogP contribution in [0.4, 0.5) is 5.82 Å².